The number of carbonyl (C=O) groups is 1. The van der Waals surface area contributed by atoms with Crippen molar-refractivity contribution < 1.29 is 9.53 Å². The van der Waals surface area contributed by atoms with E-state index in [9.17, 15) is 4.79 Å². The van der Waals surface area contributed by atoms with E-state index in [1.165, 1.54) is 0 Å². The Morgan fingerprint density at radius 3 is 3.09 bits per heavy atom. The number of aromatic nitrogens is 1. The van der Waals surface area contributed by atoms with E-state index in [1.54, 1.807) is 11.8 Å². The molecular weight excluding hydrogens is 316 g/mol. The first kappa shape index (κ1) is 16.1. The number of amides is 1. The fraction of sp³-hybridized carbons (Fsp3) is 0.625. The number of carbonyl (C=O) groups excluding carboxylic acids is 1. The van der Waals surface area contributed by atoms with Gasteiger partial charge in [-0.2, -0.15) is 11.8 Å². The average Bonchev–Trinajstić information content (AvgIpc) is 2.88. The molecular formula is C16H22N2O2S2. The van der Waals surface area contributed by atoms with Crippen molar-refractivity contribution in [2.24, 2.45) is 0 Å². The molecule has 0 N–H and O–H groups in total. The topological polar surface area (TPSA) is 42.4 Å². The standard InChI is InChI=1S/C16H22N2O2S2/c1-12-4-3-5-13(17-12)7-20-14-6-16(22-8-14)10-18(11-16)15(19)9-21-2/h3-5,14H,6-11H2,1-2H3/t14-/m1/s1. The van der Waals surface area contributed by atoms with Crippen LogP contribution < -0.4 is 0 Å². The van der Waals surface area contributed by atoms with E-state index >= 15 is 0 Å². The summed E-state index contributed by atoms with van der Waals surface area (Å²) in [6.07, 6.45) is 3.30. The summed E-state index contributed by atoms with van der Waals surface area (Å²) in [5.74, 6) is 1.89. The Balaban J connectivity index is 1.45. The van der Waals surface area contributed by atoms with Crippen LogP contribution in [0.2, 0.25) is 0 Å². The van der Waals surface area contributed by atoms with Gasteiger partial charge in [-0.1, -0.05) is 6.07 Å². The molecule has 1 aromatic rings. The number of ether oxygens (including phenoxy) is 1. The van der Waals surface area contributed by atoms with E-state index in [0.717, 1.165) is 36.7 Å². The molecule has 0 unspecified atom stereocenters. The van der Waals surface area contributed by atoms with E-state index in [2.05, 4.69) is 4.98 Å². The van der Waals surface area contributed by atoms with E-state index < -0.39 is 0 Å². The number of hydrogen-bond donors (Lipinski definition) is 0. The average molecular weight is 338 g/mol. The second kappa shape index (κ2) is 6.81. The van der Waals surface area contributed by atoms with E-state index in [4.69, 9.17) is 4.74 Å². The second-order valence-corrected chi connectivity index (χ2v) is 8.44. The highest BCUT2D eigenvalue weighted by molar-refractivity contribution is 8.01. The smallest absolute Gasteiger partial charge is 0.232 e. The zero-order chi connectivity index (χ0) is 15.6. The van der Waals surface area contributed by atoms with Crippen LogP contribution in [0.5, 0.6) is 0 Å². The molecule has 4 nitrogen and oxygen atoms in total. The number of nitrogens with zero attached hydrogens (tertiary/aromatic N) is 2. The molecule has 1 amide bonds. The summed E-state index contributed by atoms with van der Waals surface area (Å²) < 4.78 is 6.28. The molecule has 3 rings (SSSR count). The summed E-state index contributed by atoms with van der Waals surface area (Å²) in [5.41, 5.74) is 2.02. The molecule has 2 aliphatic rings. The summed E-state index contributed by atoms with van der Waals surface area (Å²) >= 11 is 3.57. The lowest BCUT2D eigenvalue weighted by molar-refractivity contribution is -0.133. The largest absolute Gasteiger partial charge is 0.371 e. The quantitative estimate of drug-likeness (QED) is 0.824. The van der Waals surface area contributed by atoms with Crippen LogP contribution in [-0.4, -0.2) is 57.5 Å². The third-order valence-electron chi connectivity index (χ3n) is 4.17. The number of rotatable bonds is 5. The van der Waals surface area contributed by atoms with Gasteiger partial charge in [0.15, 0.2) is 0 Å². The molecule has 120 valence electrons. The lowest BCUT2D eigenvalue weighted by atomic mass is 9.93. The number of likely N-dealkylation sites (tertiary alicyclic amines) is 1. The molecule has 0 aromatic carbocycles. The minimum atomic E-state index is 0.249. The van der Waals surface area contributed by atoms with Crippen LogP contribution in [0.15, 0.2) is 18.2 Å². The van der Waals surface area contributed by atoms with Crippen LogP contribution in [-0.2, 0) is 16.1 Å². The second-order valence-electron chi connectivity index (χ2n) is 6.08. The summed E-state index contributed by atoms with van der Waals surface area (Å²) in [4.78, 5) is 18.3. The van der Waals surface area contributed by atoms with Crippen LogP contribution in [0.1, 0.15) is 17.8 Å². The first-order valence-electron chi connectivity index (χ1n) is 7.55. The van der Waals surface area contributed by atoms with Gasteiger partial charge in [-0.05, 0) is 31.7 Å². The Kier molecular flexibility index (Phi) is 5.00. The fourth-order valence-electron chi connectivity index (χ4n) is 3.05. The number of hydrogen-bond acceptors (Lipinski definition) is 5. The van der Waals surface area contributed by atoms with Gasteiger partial charge in [-0.15, -0.1) is 11.8 Å². The van der Waals surface area contributed by atoms with Gasteiger partial charge in [0.2, 0.25) is 5.91 Å². The van der Waals surface area contributed by atoms with E-state index in [0.29, 0.717) is 12.4 Å². The molecule has 0 saturated carbocycles. The molecule has 2 saturated heterocycles. The molecule has 2 aliphatic heterocycles. The maximum absolute atomic E-state index is 11.8. The lowest BCUT2D eigenvalue weighted by Gasteiger charge is -2.47. The maximum atomic E-state index is 11.8. The van der Waals surface area contributed by atoms with Crippen molar-refractivity contribution in [1.29, 1.82) is 0 Å². The van der Waals surface area contributed by atoms with Crippen molar-refractivity contribution in [2.75, 3.05) is 30.9 Å². The number of pyridine rings is 1. The van der Waals surface area contributed by atoms with Crippen molar-refractivity contribution in [3.63, 3.8) is 0 Å². The molecule has 22 heavy (non-hydrogen) atoms. The fourth-order valence-corrected chi connectivity index (χ4v) is 5.03. The van der Waals surface area contributed by atoms with E-state index in [-0.39, 0.29) is 16.8 Å². The van der Waals surface area contributed by atoms with Gasteiger partial charge in [0.25, 0.3) is 0 Å². The maximum Gasteiger partial charge on any atom is 0.232 e. The highest BCUT2D eigenvalue weighted by Crippen LogP contribution is 2.46. The highest BCUT2D eigenvalue weighted by Gasteiger charge is 2.50. The zero-order valence-electron chi connectivity index (χ0n) is 13.1. The first-order chi connectivity index (χ1) is 10.6. The molecule has 1 aromatic heterocycles. The predicted molar refractivity (Wildman–Crippen MR) is 92.3 cm³/mol. The minimum absolute atomic E-state index is 0.249. The van der Waals surface area contributed by atoms with Gasteiger partial charge in [0.1, 0.15) is 0 Å². The SMILES string of the molecule is CSCC(=O)N1CC2(C[C@@H](OCc3cccc(C)n3)CS2)C1. The van der Waals surface area contributed by atoms with Crippen LogP contribution in [0, 0.1) is 6.92 Å². The monoisotopic (exact) mass is 338 g/mol. The van der Waals surface area contributed by atoms with Crippen LogP contribution >= 0.6 is 23.5 Å². The highest BCUT2D eigenvalue weighted by atomic mass is 32.2. The summed E-state index contributed by atoms with van der Waals surface area (Å²) in [6.45, 7) is 4.36. The molecule has 3 heterocycles. The van der Waals surface area contributed by atoms with Gasteiger partial charge >= 0.3 is 0 Å². The van der Waals surface area contributed by atoms with Gasteiger partial charge in [-0.3, -0.25) is 9.78 Å². The Labute approximate surface area is 140 Å². The third-order valence-corrected chi connectivity index (χ3v) is 6.28. The molecule has 0 radical (unpaired) electrons. The Hall–Kier alpha value is -0.720. The first-order valence-corrected chi connectivity index (χ1v) is 9.93. The van der Waals surface area contributed by atoms with Crippen molar-refractivity contribution in [2.45, 2.75) is 30.8 Å². The molecule has 0 bridgehead atoms. The minimum Gasteiger partial charge on any atom is -0.371 e. The normalized spacial score (nSPS) is 22.8. The Morgan fingerprint density at radius 1 is 1.55 bits per heavy atom. The van der Waals surface area contributed by atoms with Crippen molar-refractivity contribution >= 4 is 29.4 Å². The van der Waals surface area contributed by atoms with Crippen molar-refractivity contribution in [3.8, 4) is 0 Å². The Bertz CT molecular complexity index is 547. The zero-order valence-corrected chi connectivity index (χ0v) is 14.7. The van der Waals surface area contributed by atoms with Crippen LogP contribution in [0.3, 0.4) is 0 Å². The van der Waals surface area contributed by atoms with Crippen molar-refractivity contribution in [3.05, 3.63) is 29.6 Å². The molecule has 2 fully saturated rings. The summed E-state index contributed by atoms with van der Waals surface area (Å²) in [7, 11) is 0. The predicted octanol–water partition coefficient (Wildman–Crippen LogP) is 2.36. The number of thioether (sulfide) groups is 2. The third kappa shape index (κ3) is 3.60. The lowest BCUT2D eigenvalue weighted by Crippen LogP contribution is -2.61. The number of aryl methyl sites for hydroxylation is 1. The molecule has 0 aliphatic carbocycles. The van der Waals surface area contributed by atoms with Gasteiger partial charge in [0, 0.05) is 24.5 Å². The molecule has 1 atom stereocenters. The van der Waals surface area contributed by atoms with Gasteiger partial charge in [0.05, 0.1) is 28.9 Å². The van der Waals surface area contributed by atoms with Crippen LogP contribution in [0.25, 0.3) is 0 Å². The molecule has 1 spiro atoms. The van der Waals surface area contributed by atoms with Crippen molar-refractivity contribution in [1.82, 2.24) is 9.88 Å². The van der Waals surface area contributed by atoms with Crippen LogP contribution in [0.4, 0.5) is 0 Å². The van der Waals surface area contributed by atoms with Gasteiger partial charge in [-0.25, -0.2) is 0 Å². The molecule has 6 heteroatoms. The van der Waals surface area contributed by atoms with Gasteiger partial charge < -0.3 is 9.64 Å². The van der Waals surface area contributed by atoms with E-state index in [1.807, 2.05) is 48.0 Å². The summed E-state index contributed by atoms with van der Waals surface area (Å²) in [6, 6.07) is 6.03. The Morgan fingerprint density at radius 2 is 2.36 bits per heavy atom. The summed E-state index contributed by atoms with van der Waals surface area (Å²) in [5, 5.41) is 0.